The molecular weight excluding hydrogens is 222 g/mol. The number of carboxylic acid groups (broad SMARTS) is 1. The van der Waals surface area contributed by atoms with Gasteiger partial charge in [-0.1, -0.05) is 0 Å². The maximum atomic E-state index is 12.0. The third-order valence-corrected chi connectivity index (χ3v) is 3.67. The average Bonchev–Trinajstić information content (AvgIpc) is 2.62. The summed E-state index contributed by atoms with van der Waals surface area (Å²) in [7, 11) is 4.03. The lowest BCUT2D eigenvalue weighted by molar-refractivity contribution is -0.146. The number of likely N-dealkylation sites (N-methyl/N-ethyl adjacent to an activating group) is 1. The van der Waals surface area contributed by atoms with E-state index in [4.69, 9.17) is 5.11 Å². The Morgan fingerprint density at radius 1 is 1.18 bits per heavy atom. The van der Waals surface area contributed by atoms with Crippen LogP contribution in [-0.4, -0.2) is 78.1 Å². The Hall–Kier alpha value is -1.30. The van der Waals surface area contributed by atoms with Crippen molar-refractivity contribution in [2.24, 2.45) is 5.92 Å². The maximum absolute atomic E-state index is 12.0. The Morgan fingerprint density at radius 2 is 1.82 bits per heavy atom. The van der Waals surface area contributed by atoms with E-state index < -0.39 is 5.97 Å². The summed E-state index contributed by atoms with van der Waals surface area (Å²) in [5, 5.41) is 8.75. The minimum absolute atomic E-state index is 0.00755. The lowest BCUT2D eigenvalue weighted by atomic mass is 10.0. The summed E-state index contributed by atoms with van der Waals surface area (Å²) in [4.78, 5) is 28.2. The quantitative estimate of drug-likeness (QED) is 0.724. The predicted octanol–water partition coefficient (Wildman–Crippen LogP) is -0.241. The molecule has 0 bridgehead atoms. The van der Waals surface area contributed by atoms with Gasteiger partial charge in [0.15, 0.2) is 0 Å². The van der Waals surface area contributed by atoms with Crippen molar-refractivity contribution in [3.63, 3.8) is 0 Å². The van der Waals surface area contributed by atoms with Gasteiger partial charge in [0.1, 0.15) is 0 Å². The minimum Gasteiger partial charge on any atom is -0.481 e. The second-order valence-corrected chi connectivity index (χ2v) is 5.07. The molecule has 1 unspecified atom stereocenters. The molecule has 2 heterocycles. The zero-order chi connectivity index (χ0) is 12.6. The monoisotopic (exact) mass is 241 g/mol. The topological polar surface area (TPSA) is 64.1 Å². The van der Waals surface area contributed by atoms with Crippen molar-refractivity contribution in [1.29, 1.82) is 0 Å². The van der Waals surface area contributed by atoms with Gasteiger partial charge < -0.3 is 19.8 Å². The third-order valence-electron chi connectivity index (χ3n) is 3.67. The summed E-state index contributed by atoms with van der Waals surface area (Å²) in [6.45, 7) is 2.24. The third kappa shape index (κ3) is 2.36. The fourth-order valence-electron chi connectivity index (χ4n) is 2.33. The number of carbonyl (C=O) groups is 2. The van der Waals surface area contributed by atoms with Crippen LogP contribution in [0.25, 0.3) is 0 Å². The van der Waals surface area contributed by atoms with Crippen LogP contribution in [0.15, 0.2) is 0 Å². The molecule has 1 N–H and O–H groups in total. The van der Waals surface area contributed by atoms with Crippen molar-refractivity contribution in [1.82, 2.24) is 14.7 Å². The fourth-order valence-corrected chi connectivity index (χ4v) is 2.33. The smallest absolute Gasteiger partial charge is 0.320 e. The van der Waals surface area contributed by atoms with Crippen molar-refractivity contribution in [2.45, 2.75) is 12.5 Å². The van der Waals surface area contributed by atoms with Gasteiger partial charge in [0.2, 0.25) is 0 Å². The molecule has 6 heteroatoms. The molecule has 0 aromatic rings. The molecule has 2 saturated heterocycles. The summed E-state index contributed by atoms with van der Waals surface area (Å²) in [6.07, 6.45) is 0.995. The van der Waals surface area contributed by atoms with Crippen LogP contribution < -0.4 is 0 Å². The van der Waals surface area contributed by atoms with Crippen LogP contribution in [0.2, 0.25) is 0 Å². The molecule has 2 rings (SSSR count). The summed E-state index contributed by atoms with van der Waals surface area (Å²) in [5.41, 5.74) is 0. The number of urea groups is 1. The number of aliphatic carboxylic acids is 1. The van der Waals surface area contributed by atoms with Gasteiger partial charge in [0.05, 0.1) is 5.92 Å². The second-order valence-electron chi connectivity index (χ2n) is 5.07. The van der Waals surface area contributed by atoms with Crippen LogP contribution in [0.4, 0.5) is 4.79 Å². The van der Waals surface area contributed by atoms with E-state index in [9.17, 15) is 9.59 Å². The lowest BCUT2D eigenvalue weighted by Gasteiger charge is -2.39. The number of hydrogen-bond acceptors (Lipinski definition) is 3. The van der Waals surface area contributed by atoms with E-state index in [-0.39, 0.29) is 11.9 Å². The highest BCUT2D eigenvalue weighted by atomic mass is 16.4. The highest BCUT2D eigenvalue weighted by Crippen LogP contribution is 2.21. The van der Waals surface area contributed by atoms with E-state index in [0.29, 0.717) is 19.1 Å². The van der Waals surface area contributed by atoms with E-state index in [2.05, 4.69) is 4.90 Å². The Kier molecular flexibility index (Phi) is 3.24. The largest absolute Gasteiger partial charge is 0.481 e. The Balaban J connectivity index is 1.81. The van der Waals surface area contributed by atoms with Crippen LogP contribution in [0.3, 0.4) is 0 Å². The molecule has 2 amide bonds. The summed E-state index contributed by atoms with van der Waals surface area (Å²) in [6, 6.07) is 0.419. The summed E-state index contributed by atoms with van der Waals surface area (Å²) >= 11 is 0. The molecule has 1 atom stereocenters. The molecule has 2 fully saturated rings. The van der Waals surface area contributed by atoms with E-state index in [0.717, 1.165) is 19.5 Å². The molecule has 0 radical (unpaired) electrons. The number of hydrogen-bond donors (Lipinski definition) is 1. The molecule has 17 heavy (non-hydrogen) atoms. The first-order valence-electron chi connectivity index (χ1n) is 5.92. The van der Waals surface area contributed by atoms with Gasteiger partial charge in [-0.2, -0.15) is 0 Å². The van der Waals surface area contributed by atoms with Gasteiger partial charge in [0.25, 0.3) is 0 Å². The average molecular weight is 241 g/mol. The molecule has 6 nitrogen and oxygen atoms in total. The summed E-state index contributed by atoms with van der Waals surface area (Å²) < 4.78 is 0. The highest BCUT2D eigenvalue weighted by Gasteiger charge is 2.39. The van der Waals surface area contributed by atoms with Gasteiger partial charge in [-0.3, -0.25) is 4.79 Å². The van der Waals surface area contributed by atoms with Crippen LogP contribution in [0.1, 0.15) is 6.42 Å². The fraction of sp³-hybridized carbons (Fsp3) is 0.818. The minimum atomic E-state index is -0.804. The number of nitrogens with zero attached hydrogens (tertiary/aromatic N) is 3. The van der Waals surface area contributed by atoms with Crippen molar-refractivity contribution in [3.8, 4) is 0 Å². The van der Waals surface area contributed by atoms with E-state index in [1.807, 2.05) is 19.0 Å². The van der Waals surface area contributed by atoms with Crippen LogP contribution >= 0.6 is 0 Å². The number of carbonyl (C=O) groups excluding carboxylic acids is 1. The summed E-state index contributed by atoms with van der Waals surface area (Å²) in [5.74, 6) is -1.17. The maximum Gasteiger partial charge on any atom is 0.320 e. The van der Waals surface area contributed by atoms with Crippen LogP contribution in [0.5, 0.6) is 0 Å². The zero-order valence-corrected chi connectivity index (χ0v) is 10.3. The first-order chi connectivity index (χ1) is 7.99. The molecular formula is C11H19N3O3. The number of amides is 2. The number of likely N-dealkylation sites (tertiary alicyclic amines) is 2. The molecule has 0 saturated carbocycles. The predicted molar refractivity (Wildman–Crippen MR) is 61.8 cm³/mol. The molecule has 0 aliphatic carbocycles. The van der Waals surface area contributed by atoms with Gasteiger partial charge in [-0.05, 0) is 20.5 Å². The van der Waals surface area contributed by atoms with Crippen molar-refractivity contribution < 1.29 is 14.7 Å². The molecule has 0 aromatic heterocycles. The lowest BCUT2D eigenvalue weighted by Crippen LogP contribution is -2.56. The van der Waals surface area contributed by atoms with Crippen molar-refractivity contribution in [3.05, 3.63) is 0 Å². The SMILES string of the molecule is CN(C)C1CCN(C(=O)N2CC(C(=O)O)C2)C1. The van der Waals surface area contributed by atoms with Crippen LogP contribution in [-0.2, 0) is 4.79 Å². The zero-order valence-electron chi connectivity index (χ0n) is 10.3. The molecule has 2 aliphatic rings. The highest BCUT2D eigenvalue weighted by molar-refractivity contribution is 5.80. The van der Waals surface area contributed by atoms with Crippen molar-refractivity contribution >= 4 is 12.0 Å². The van der Waals surface area contributed by atoms with E-state index in [1.165, 1.54) is 0 Å². The first kappa shape index (κ1) is 12.2. The Labute approximate surface area is 101 Å². The molecule has 96 valence electrons. The van der Waals surface area contributed by atoms with Gasteiger partial charge in [-0.15, -0.1) is 0 Å². The van der Waals surface area contributed by atoms with Crippen LogP contribution in [0, 0.1) is 5.92 Å². The number of carboxylic acids is 1. The van der Waals surface area contributed by atoms with Gasteiger partial charge in [0, 0.05) is 32.2 Å². The number of rotatable bonds is 2. The molecule has 0 spiro atoms. The normalized spacial score (nSPS) is 25.2. The van der Waals surface area contributed by atoms with E-state index >= 15 is 0 Å². The van der Waals surface area contributed by atoms with E-state index in [1.54, 1.807) is 4.90 Å². The van der Waals surface area contributed by atoms with Gasteiger partial charge >= 0.3 is 12.0 Å². The Bertz CT molecular complexity index is 326. The van der Waals surface area contributed by atoms with Crippen molar-refractivity contribution in [2.75, 3.05) is 40.3 Å². The van der Waals surface area contributed by atoms with Gasteiger partial charge in [-0.25, -0.2) is 4.79 Å². The molecule has 0 aromatic carbocycles. The standard InChI is InChI=1S/C11H19N3O3/c1-12(2)9-3-4-13(7-9)11(17)14-5-8(6-14)10(15)16/h8-9H,3-7H2,1-2H3,(H,15,16). The first-order valence-corrected chi connectivity index (χ1v) is 5.92. The second kappa shape index (κ2) is 4.52. The molecule has 2 aliphatic heterocycles. The Morgan fingerprint density at radius 3 is 2.29 bits per heavy atom.